The Labute approximate surface area is 270 Å². The molecule has 3 heterocycles. The van der Waals surface area contributed by atoms with Crippen molar-refractivity contribution in [2.45, 2.75) is 13.8 Å². The monoisotopic (exact) mass is 745 g/mol. The molecular weight excluding hydrogens is 717 g/mol. The molecular formula is C40H28IrN2O-2. The third-order valence-corrected chi connectivity index (χ3v) is 7.65. The maximum atomic E-state index is 6.21. The number of furan rings is 1. The van der Waals surface area contributed by atoms with Gasteiger partial charge in [0.2, 0.25) is 0 Å². The predicted octanol–water partition coefficient (Wildman–Crippen LogP) is 10.4. The molecule has 215 valence electrons. The van der Waals surface area contributed by atoms with Crippen LogP contribution in [0.3, 0.4) is 0 Å². The predicted molar refractivity (Wildman–Crippen MR) is 177 cm³/mol. The molecule has 0 aliphatic rings. The van der Waals surface area contributed by atoms with Crippen molar-refractivity contribution < 1.29 is 24.5 Å². The van der Waals surface area contributed by atoms with E-state index >= 15 is 0 Å². The first-order chi connectivity index (χ1) is 21.1. The van der Waals surface area contributed by atoms with Gasteiger partial charge in [0, 0.05) is 37.9 Å². The third kappa shape index (κ3) is 5.83. The van der Waals surface area contributed by atoms with Crippen LogP contribution in [0.2, 0.25) is 0 Å². The Morgan fingerprint density at radius 1 is 0.636 bits per heavy atom. The molecule has 0 unspecified atom stereocenters. The summed E-state index contributed by atoms with van der Waals surface area (Å²) in [4.78, 5) is 8.96. The van der Waals surface area contributed by atoms with E-state index in [-0.39, 0.29) is 20.1 Å². The minimum Gasteiger partial charge on any atom is -0.501 e. The molecule has 0 saturated carbocycles. The third-order valence-electron chi connectivity index (χ3n) is 7.65. The largest absolute Gasteiger partial charge is 0.501 e. The fourth-order valence-electron chi connectivity index (χ4n) is 5.46. The average molecular weight is 745 g/mol. The summed E-state index contributed by atoms with van der Waals surface area (Å²) < 4.78 is 6.21. The SMILES string of the molecule is Cc1ccc2cc(-c3cc(-c4[c-]ccc5c4oc4ccccc45)ncc3C)ccc2c1.[Ir].[c-]1ccccc1-c1ccccn1. The zero-order chi connectivity index (χ0) is 29.2. The van der Waals surface area contributed by atoms with Gasteiger partial charge < -0.3 is 14.4 Å². The summed E-state index contributed by atoms with van der Waals surface area (Å²) in [6.07, 6.45) is 3.73. The Balaban J connectivity index is 0.000000222. The Morgan fingerprint density at radius 2 is 1.45 bits per heavy atom. The molecule has 44 heavy (non-hydrogen) atoms. The Kier molecular flexibility index (Phi) is 8.47. The first kappa shape index (κ1) is 29.2. The second-order valence-electron chi connectivity index (χ2n) is 10.6. The van der Waals surface area contributed by atoms with Gasteiger partial charge in [-0.3, -0.25) is 0 Å². The number of hydrogen-bond acceptors (Lipinski definition) is 3. The molecule has 0 saturated heterocycles. The summed E-state index contributed by atoms with van der Waals surface area (Å²) in [7, 11) is 0. The first-order valence-electron chi connectivity index (χ1n) is 14.3. The maximum Gasteiger partial charge on any atom is 0.120 e. The fraction of sp³-hybridized carbons (Fsp3) is 0.0500. The second-order valence-corrected chi connectivity index (χ2v) is 10.6. The Morgan fingerprint density at radius 3 is 2.30 bits per heavy atom. The van der Waals surface area contributed by atoms with Crippen LogP contribution in [0.15, 0.2) is 138 Å². The minimum absolute atomic E-state index is 0. The van der Waals surface area contributed by atoms with Crippen molar-refractivity contribution in [3.8, 4) is 33.6 Å². The summed E-state index contributed by atoms with van der Waals surface area (Å²) in [5.74, 6) is 0. The number of rotatable bonds is 3. The second kappa shape index (κ2) is 12.8. The molecule has 5 aromatic carbocycles. The van der Waals surface area contributed by atoms with Crippen LogP contribution in [0.25, 0.3) is 66.4 Å². The fourth-order valence-corrected chi connectivity index (χ4v) is 5.46. The smallest absolute Gasteiger partial charge is 0.120 e. The first-order valence-corrected chi connectivity index (χ1v) is 14.3. The molecule has 0 N–H and O–H groups in total. The summed E-state index contributed by atoms with van der Waals surface area (Å²) >= 11 is 0. The standard InChI is InChI=1S/C29H20NO.C11H8N.Ir/c1-18-10-11-21-15-22(13-12-20(21)14-18)26-16-27(30-17-19(26)2)25-8-5-7-24-23-6-3-4-9-28(23)31-29(24)25;1-2-6-10(7-3-1)11-8-4-5-9-12-11;/h3-7,9-17H,1-2H3;1-6,8-9H;/q2*-1;. The van der Waals surface area contributed by atoms with Crippen LogP contribution in [0.1, 0.15) is 11.1 Å². The van der Waals surface area contributed by atoms with Crippen molar-refractivity contribution in [1.29, 1.82) is 0 Å². The number of aromatic nitrogens is 2. The molecule has 0 aliphatic heterocycles. The zero-order valence-electron chi connectivity index (χ0n) is 24.3. The molecule has 1 radical (unpaired) electrons. The van der Waals surface area contributed by atoms with E-state index in [4.69, 9.17) is 9.40 Å². The van der Waals surface area contributed by atoms with Gasteiger partial charge in [-0.05, 0) is 70.9 Å². The average Bonchev–Trinajstić information content (AvgIpc) is 3.45. The van der Waals surface area contributed by atoms with E-state index in [1.165, 1.54) is 27.5 Å². The number of nitrogens with zero attached hydrogens (tertiary/aromatic N) is 2. The van der Waals surface area contributed by atoms with Crippen LogP contribution in [-0.4, -0.2) is 9.97 Å². The van der Waals surface area contributed by atoms with E-state index in [9.17, 15) is 0 Å². The molecule has 0 atom stereocenters. The van der Waals surface area contributed by atoms with Gasteiger partial charge in [-0.15, -0.1) is 54.1 Å². The Hall–Kier alpha value is -4.89. The topological polar surface area (TPSA) is 38.9 Å². The van der Waals surface area contributed by atoms with Gasteiger partial charge in [0.1, 0.15) is 5.58 Å². The van der Waals surface area contributed by atoms with Crippen molar-refractivity contribution in [1.82, 2.24) is 9.97 Å². The number of pyridine rings is 2. The Bertz CT molecular complexity index is 2170. The molecule has 0 spiro atoms. The number of aryl methyl sites for hydroxylation is 2. The van der Waals surface area contributed by atoms with Crippen LogP contribution in [-0.2, 0) is 20.1 Å². The van der Waals surface area contributed by atoms with Crippen LogP contribution in [0, 0.1) is 26.0 Å². The summed E-state index contributed by atoms with van der Waals surface area (Å²) in [6, 6.07) is 47.7. The van der Waals surface area contributed by atoms with Gasteiger partial charge in [0.05, 0.1) is 5.58 Å². The molecule has 3 nitrogen and oxygen atoms in total. The quantitative estimate of drug-likeness (QED) is 0.169. The molecule has 3 aromatic heterocycles. The molecule has 0 amide bonds. The van der Waals surface area contributed by atoms with Crippen molar-refractivity contribution in [2.24, 2.45) is 0 Å². The molecule has 8 rings (SSSR count). The van der Waals surface area contributed by atoms with E-state index in [0.29, 0.717) is 0 Å². The molecule has 0 aliphatic carbocycles. The van der Waals surface area contributed by atoms with Gasteiger partial charge in [0.25, 0.3) is 0 Å². The van der Waals surface area contributed by atoms with Gasteiger partial charge in [-0.1, -0.05) is 83.2 Å². The zero-order valence-corrected chi connectivity index (χ0v) is 26.7. The number of benzene rings is 5. The molecule has 4 heteroatoms. The van der Waals surface area contributed by atoms with E-state index in [2.05, 4.69) is 85.6 Å². The van der Waals surface area contributed by atoms with Crippen molar-refractivity contribution in [3.63, 3.8) is 0 Å². The van der Waals surface area contributed by atoms with Gasteiger partial charge in [0.15, 0.2) is 0 Å². The normalized spacial score (nSPS) is 10.8. The number of fused-ring (bicyclic) bond motifs is 4. The van der Waals surface area contributed by atoms with Crippen LogP contribution in [0.5, 0.6) is 0 Å². The van der Waals surface area contributed by atoms with Crippen molar-refractivity contribution >= 4 is 32.7 Å². The minimum atomic E-state index is 0. The van der Waals surface area contributed by atoms with Crippen LogP contribution in [0.4, 0.5) is 0 Å². The number of para-hydroxylation sites is 1. The van der Waals surface area contributed by atoms with Gasteiger partial charge >= 0.3 is 0 Å². The summed E-state index contributed by atoms with van der Waals surface area (Å²) in [5, 5.41) is 4.71. The maximum absolute atomic E-state index is 6.21. The van der Waals surface area contributed by atoms with E-state index in [0.717, 1.165) is 50.0 Å². The summed E-state index contributed by atoms with van der Waals surface area (Å²) in [5.41, 5.74) is 10.3. The van der Waals surface area contributed by atoms with Crippen LogP contribution < -0.4 is 0 Å². The van der Waals surface area contributed by atoms with Crippen molar-refractivity contribution in [2.75, 3.05) is 0 Å². The summed E-state index contributed by atoms with van der Waals surface area (Å²) in [6.45, 7) is 4.23. The number of hydrogen-bond donors (Lipinski definition) is 0. The van der Waals surface area contributed by atoms with Gasteiger partial charge in [-0.25, -0.2) is 0 Å². The van der Waals surface area contributed by atoms with Gasteiger partial charge in [-0.2, -0.15) is 0 Å². The van der Waals surface area contributed by atoms with E-state index in [1.807, 2.05) is 72.9 Å². The molecule has 0 bridgehead atoms. The van der Waals surface area contributed by atoms with Crippen molar-refractivity contribution in [3.05, 3.63) is 157 Å². The van der Waals surface area contributed by atoms with E-state index in [1.54, 1.807) is 6.20 Å². The molecule has 8 aromatic rings. The molecule has 0 fully saturated rings. The van der Waals surface area contributed by atoms with Crippen LogP contribution >= 0.6 is 0 Å². The van der Waals surface area contributed by atoms with E-state index < -0.39 is 0 Å².